The molecule has 0 bridgehead atoms. The second-order valence-corrected chi connectivity index (χ2v) is 6.44. The summed E-state index contributed by atoms with van der Waals surface area (Å²) >= 11 is 0. The van der Waals surface area contributed by atoms with Crippen molar-refractivity contribution < 1.29 is 4.74 Å². The van der Waals surface area contributed by atoms with Crippen molar-refractivity contribution in [1.82, 2.24) is 0 Å². The molecule has 1 radical (unpaired) electrons. The predicted molar refractivity (Wildman–Crippen MR) is 111 cm³/mol. The molecule has 1 heteroatoms. The Balaban J connectivity index is 1.61. The highest BCUT2D eigenvalue weighted by atomic mass is 16.5. The van der Waals surface area contributed by atoms with Crippen LogP contribution >= 0.6 is 0 Å². The van der Waals surface area contributed by atoms with Crippen LogP contribution in [0.4, 0.5) is 0 Å². The summed E-state index contributed by atoms with van der Waals surface area (Å²) in [5, 5.41) is 0. The van der Waals surface area contributed by atoms with Gasteiger partial charge < -0.3 is 4.74 Å². The maximum atomic E-state index is 6.27. The molecule has 0 N–H and O–H groups in total. The van der Waals surface area contributed by atoms with E-state index in [-0.39, 0.29) is 0 Å². The Morgan fingerprint density at radius 1 is 0.519 bits per heavy atom. The Morgan fingerprint density at radius 3 is 1.67 bits per heavy atom. The molecule has 0 spiro atoms. The summed E-state index contributed by atoms with van der Waals surface area (Å²) in [5.41, 5.74) is 4.76. The first-order chi connectivity index (χ1) is 13.4. The Bertz CT molecular complexity index is 904. The molecule has 4 rings (SSSR count). The van der Waals surface area contributed by atoms with Crippen molar-refractivity contribution in [2.75, 3.05) is 0 Å². The normalized spacial score (nSPS) is 10.7. The Hall–Kier alpha value is -3.32. The van der Waals surface area contributed by atoms with E-state index >= 15 is 0 Å². The van der Waals surface area contributed by atoms with Gasteiger partial charge in [0.25, 0.3) is 0 Å². The third-order valence-electron chi connectivity index (χ3n) is 4.51. The minimum absolute atomic E-state index is 0.750. The van der Waals surface area contributed by atoms with E-state index in [1.54, 1.807) is 0 Å². The first kappa shape index (κ1) is 17.1. The Labute approximate surface area is 160 Å². The zero-order valence-corrected chi connectivity index (χ0v) is 15.1. The van der Waals surface area contributed by atoms with Crippen molar-refractivity contribution in [3.8, 4) is 16.9 Å². The largest absolute Gasteiger partial charge is 0.478 e. The van der Waals surface area contributed by atoms with Crippen molar-refractivity contribution in [3.63, 3.8) is 0 Å². The van der Waals surface area contributed by atoms with Gasteiger partial charge >= 0.3 is 0 Å². The molecule has 1 nitrogen and oxygen atoms in total. The summed E-state index contributed by atoms with van der Waals surface area (Å²) in [5.74, 6) is 0.857. The number of benzene rings is 4. The molecule has 0 fully saturated rings. The van der Waals surface area contributed by atoms with Gasteiger partial charge in [-0.2, -0.15) is 0 Å². The number of hydrogen-bond acceptors (Lipinski definition) is 1. The van der Waals surface area contributed by atoms with Gasteiger partial charge in [-0.1, -0.05) is 103 Å². The van der Waals surface area contributed by atoms with Crippen LogP contribution in [-0.4, -0.2) is 0 Å². The molecule has 0 heterocycles. The second kappa shape index (κ2) is 8.37. The molecule has 0 aromatic heterocycles. The van der Waals surface area contributed by atoms with E-state index in [2.05, 4.69) is 72.8 Å². The van der Waals surface area contributed by atoms with Gasteiger partial charge in [0.05, 0.1) is 0 Å². The third-order valence-corrected chi connectivity index (χ3v) is 4.51. The van der Waals surface area contributed by atoms with Crippen LogP contribution in [0, 0.1) is 6.10 Å². The monoisotopic (exact) mass is 349 g/mol. The van der Waals surface area contributed by atoms with Gasteiger partial charge in [0.15, 0.2) is 6.10 Å². The van der Waals surface area contributed by atoms with Crippen LogP contribution in [-0.2, 0) is 6.42 Å². The fourth-order valence-corrected chi connectivity index (χ4v) is 3.09. The molecule has 4 aromatic carbocycles. The number of para-hydroxylation sites is 1. The van der Waals surface area contributed by atoms with Crippen LogP contribution in [0.2, 0.25) is 0 Å². The molecule has 0 unspecified atom stereocenters. The van der Waals surface area contributed by atoms with Crippen molar-refractivity contribution >= 4 is 0 Å². The molecule has 0 aliphatic rings. The van der Waals surface area contributed by atoms with Gasteiger partial charge in [-0.05, 0) is 28.8 Å². The van der Waals surface area contributed by atoms with Crippen LogP contribution in [0.15, 0.2) is 115 Å². The first-order valence-corrected chi connectivity index (χ1v) is 9.17. The Kier molecular flexibility index (Phi) is 5.31. The first-order valence-electron chi connectivity index (χ1n) is 9.17. The topological polar surface area (TPSA) is 9.23 Å². The molecular formula is C26H21O. The number of rotatable bonds is 6. The predicted octanol–water partition coefficient (Wildman–Crippen LogP) is 6.56. The van der Waals surface area contributed by atoms with Crippen LogP contribution < -0.4 is 4.74 Å². The number of hydrogen-bond donors (Lipinski definition) is 0. The lowest BCUT2D eigenvalue weighted by molar-refractivity contribution is 0.343. The summed E-state index contributed by atoms with van der Waals surface area (Å²) in [7, 11) is 0. The average molecular weight is 349 g/mol. The van der Waals surface area contributed by atoms with Crippen LogP contribution in [0.3, 0.4) is 0 Å². The molecule has 0 saturated heterocycles. The quantitative estimate of drug-likeness (QED) is 0.383. The molecule has 131 valence electrons. The summed E-state index contributed by atoms with van der Waals surface area (Å²) < 4.78 is 6.27. The summed E-state index contributed by atoms with van der Waals surface area (Å²) in [4.78, 5) is 0. The fourth-order valence-electron chi connectivity index (χ4n) is 3.09. The van der Waals surface area contributed by atoms with E-state index < -0.39 is 0 Å². The lowest BCUT2D eigenvalue weighted by Gasteiger charge is -2.19. The minimum atomic E-state index is 0.750. The van der Waals surface area contributed by atoms with E-state index in [1.807, 2.05) is 42.5 Å². The molecular weight excluding hydrogens is 328 g/mol. The Morgan fingerprint density at radius 2 is 1.04 bits per heavy atom. The van der Waals surface area contributed by atoms with E-state index in [4.69, 9.17) is 4.74 Å². The van der Waals surface area contributed by atoms with Crippen molar-refractivity contribution in [3.05, 3.63) is 132 Å². The number of ether oxygens (including phenoxy) is 1. The molecule has 0 amide bonds. The van der Waals surface area contributed by atoms with E-state index in [1.165, 1.54) is 16.7 Å². The van der Waals surface area contributed by atoms with Crippen LogP contribution in [0.25, 0.3) is 11.1 Å². The van der Waals surface area contributed by atoms with Crippen molar-refractivity contribution in [2.45, 2.75) is 6.42 Å². The minimum Gasteiger partial charge on any atom is -0.478 e. The third kappa shape index (κ3) is 4.45. The van der Waals surface area contributed by atoms with Crippen molar-refractivity contribution in [1.29, 1.82) is 0 Å². The van der Waals surface area contributed by atoms with Crippen molar-refractivity contribution in [2.24, 2.45) is 0 Å². The second-order valence-electron chi connectivity index (χ2n) is 6.44. The lowest BCUT2D eigenvalue weighted by atomic mass is 9.98. The maximum Gasteiger partial charge on any atom is 0.182 e. The summed E-state index contributed by atoms with van der Waals surface area (Å²) in [6, 6.07) is 39.4. The van der Waals surface area contributed by atoms with E-state index in [0.29, 0.717) is 0 Å². The zero-order chi connectivity index (χ0) is 18.3. The van der Waals surface area contributed by atoms with E-state index in [0.717, 1.165) is 23.8 Å². The molecule has 4 aromatic rings. The maximum absolute atomic E-state index is 6.27. The average Bonchev–Trinajstić information content (AvgIpc) is 2.76. The van der Waals surface area contributed by atoms with Gasteiger partial charge in [-0.3, -0.25) is 0 Å². The zero-order valence-electron chi connectivity index (χ0n) is 15.1. The van der Waals surface area contributed by atoms with Gasteiger partial charge in [0, 0.05) is 12.0 Å². The smallest absolute Gasteiger partial charge is 0.182 e. The van der Waals surface area contributed by atoms with Gasteiger partial charge in [0.2, 0.25) is 0 Å². The van der Waals surface area contributed by atoms with E-state index in [9.17, 15) is 0 Å². The molecule has 0 aliphatic carbocycles. The summed E-state index contributed by atoms with van der Waals surface area (Å²) in [6.07, 6.45) is 1.70. The highest BCUT2D eigenvalue weighted by molar-refractivity contribution is 5.64. The molecule has 0 atom stereocenters. The molecule has 0 saturated carbocycles. The highest BCUT2D eigenvalue weighted by Crippen LogP contribution is 2.27. The summed E-state index contributed by atoms with van der Waals surface area (Å²) in [6.45, 7) is 0. The van der Waals surface area contributed by atoms with Gasteiger partial charge in [-0.25, -0.2) is 0 Å². The standard InChI is InChI=1S/C26H21O/c1-4-10-21(11-5-1)20-26(27-25-14-8-3-9-15-25)24-18-16-23(17-19-24)22-12-6-2-7-13-22/h1-19H,20H2. The van der Waals surface area contributed by atoms with Gasteiger partial charge in [-0.15, -0.1) is 0 Å². The van der Waals surface area contributed by atoms with Gasteiger partial charge in [0.1, 0.15) is 5.75 Å². The fraction of sp³-hybridized carbons (Fsp3) is 0.0385. The molecule has 0 aliphatic heterocycles. The highest BCUT2D eigenvalue weighted by Gasteiger charge is 2.16. The SMILES string of the molecule is c1ccc(C[C](Oc2ccccc2)c2ccc(-c3ccccc3)cc2)cc1. The van der Waals surface area contributed by atoms with Crippen LogP contribution in [0.5, 0.6) is 5.75 Å². The lowest BCUT2D eigenvalue weighted by Crippen LogP contribution is -2.12. The van der Waals surface area contributed by atoms with Crippen LogP contribution in [0.1, 0.15) is 11.1 Å². The molecule has 27 heavy (non-hydrogen) atoms.